The molecule has 4 rings (SSSR count). The minimum Gasteiger partial charge on any atom is -0.304 e. The van der Waals surface area contributed by atoms with Crippen molar-refractivity contribution in [2.45, 2.75) is 30.1 Å². The number of rotatable bonds is 3. The van der Waals surface area contributed by atoms with E-state index in [1.807, 2.05) is 11.8 Å². The third-order valence-electron chi connectivity index (χ3n) is 5.75. The molecule has 2 heterocycles. The molecule has 0 aromatic heterocycles. The Hall–Kier alpha value is -1.55. The van der Waals surface area contributed by atoms with Crippen LogP contribution in [0.3, 0.4) is 0 Å². The van der Waals surface area contributed by atoms with Gasteiger partial charge in [-0.2, -0.15) is 0 Å². The molecule has 2 aliphatic rings. The molecule has 1 saturated heterocycles. The summed E-state index contributed by atoms with van der Waals surface area (Å²) in [5.41, 5.74) is 7.10. The Morgan fingerprint density at radius 2 is 1.73 bits per heavy atom. The molecule has 0 radical (unpaired) electrons. The van der Waals surface area contributed by atoms with Gasteiger partial charge in [-0.15, -0.1) is 0 Å². The van der Waals surface area contributed by atoms with Crippen LogP contribution in [-0.4, -0.2) is 49.6 Å². The van der Waals surface area contributed by atoms with E-state index < -0.39 is 0 Å². The molecule has 2 aromatic rings. The van der Waals surface area contributed by atoms with E-state index in [1.165, 1.54) is 63.8 Å². The van der Waals surface area contributed by atoms with Crippen LogP contribution in [-0.2, 0) is 0 Å². The number of nitrogens with zero attached hydrogens (tertiary/aromatic N) is 2. The Balaban J connectivity index is 1.63. The first-order valence-electron chi connectivity index (χ1n) is 9.62. The van der Waals surface area contributed by atoms with Crippen molar-refractivity contribution in [3.05, 3.63) is 64.7 Å². The van der Waals surface area contributed by atoms with Crippen LogP contribution in [0.1, 0.15) is 28.7 Å². The fourth-order valence-electron chi connectivity index (χ4n) is 3.92. The first-order valence-corrected chi connectivity index (χ1v) is 10.4. The molecule has 0 N–H and O–H groups in total. The largest absolute Gasteiger partial charge is 0.304 e. The van der Waals surface area contributed by atoms with Gasteiger partial charge in [-0.25, -0.2) is 0 Å². The molecule has 0 spiro atoms. The lowest BCUT2D eigenvalue weighted by Gasteiger charge is -2.32. The summed E-state index contributed by atoms with van der Waals surface area (Å²) < 4.78 is 0. The highest BCUT2D eigenvalue weighted by Gasteiger charge is 2.23. The van der Waals surface area contributed by atoms with E-state index in [2.05, 4.69) is 73.2 Å². The number of hydrogen-bond acceptors (Lipinski definition) is 3. The monoisotopic (exact) mass is 364 g/mol. The average Bonchev–Trinajstić information content (AvgIpc) is 2.66. The van der Waals surface area contributed by atoms with Gasteiger partial charge in [0.15, 0.2) is 0 Å². The van der Waals surface area contributed by atoms with Crippen molar-refractivity contribution < 1.29 is 0 Å². The third-order valence-corrected chi connectivity index (χ3v) is 6.89. The normalized spacial score (nSPS) is 19.4. The predicted molar refractivity (Wildman–Crippen MR) is 112 cm³/mol. The van der Waals surface area contributed by atoms with E-state index in [0.717, 1.165) is 13.0 Å². The summed E-state index contributed by atoms with van der Waals surface area (Å²) >= 11 is 1.91. The van der Waals surface area contributed by atoms with E-state index in [-0.39, 0.29) is 0 Å². The van der Waals surface area contributed by atoms with Gasteiger partial charge in [0.2, 0.25) is 0 Å². The lowest BCUT2D eigenvalue weighted by Crippen LogP contribution is -2.44. The summed E-state index contributed by atoms with van der Waals surface area (Å²) in [5, 5.41) is 0. The van der Waals surface area contributed by atoms with Crippen LogP contribution in [0.2, 0.25) is 0 Å². The molecule has 136 valence electrons. The summed E-state index contributed by atoms with van der Waals surface area (Å²) in [6, 6.07) is 13.4. The van der Waals surface area contributed by atoms with Crippen LogP contribution in [0.25, 0.3) is 5.57 Å². The van der Waals surface area contributed by atoms with Crippen LogP contribution in [0.5, 0.6) is 0 Å². The number of piperazine rings is 1. The molecule has 1 fully saturated rings. The number of likely N-dealkylation sites (N-methyl/N-ethyl adjacent to an activating group) is 1. The second-order valence-corrected chi connectivity index (χ2v) is 8.61. The highest BCUT2D eigenvalue weighted by molar-refractivity contribution is 7.99. The number of benzene rings is 2. The molecule has 0 aliphatic carbocycles. The summed E-state index contributed by atoms with van der Waals surface area (Å²) in [4.78, 5) is 7.81. The van der Waals surface area contributed by atoms with Gasteiger partial charge in [0.05, 0.1) is 0 Å². The van der Waals surface area contributed by atoms with Crippen molar-refractivity contribution in [3.8, 4) is 0 Å². The lowest BCUT2D eigenvalue weighted by atomic mass is 9.91. The Bertz CT molecular complexity index is 832. The van der Waals surface area contributed by atoms with E-state index in [4.69, 9.17) is 0 Å². The van der Waals surface area contributed by atoms with Crippen LogP contribution in [0, 0.1) is 13.8 Å². The number of fused-ring (bicyclic) bond motifs is 2. The second kappa shape index (κ2) is 7.59. The highest BCUT2D eigenvalue weighted by Crippen LogP contribution is 2.47. The number of aryl methyl sites for hydroxylation is 1. The Labute approximate surface area is 161 Å². The molecule has 2 aromatic carbocycles. The summed E-state index contributed by atoms with van der Waals surface area (Å²) in [6.07, 6.45) is 3.60. The van der Waals surface area contributed by atoms with Gasteiger partial charge in [0.1, 0.15) is 0 Å². The van der Waals surface area contributed by atoms with Crippen LogP contribution < -0.4 is 0 Å². The Morgan fingerprint density at radius 3 is 2.54 bits per heavy atom. The molecule has 0 amide bonds. The molecular weight excluding hydrogens is 336 g/mol. The predicted octanol–water partition coefficient (Wildman–Crippen LogP) is 4.84. The fourth-order valence-corrected chi connectivity index (χ4v) is 5.09. The topological polar surface area (TPSA) is 6.48 Å². The van der Waals surface area contributed by atoms with Crippen molar-refractivity contribution in [1.29, 1.82) is 0 Å². The Kier molecular flexibility index (Phi) is 5.21. The third kappa shape index (κ3) is 3.48. The molecule has 2 aliphatic heterocycles. The van der Waals surface area contributed by atoms with Gasteiger partial charge in [0, 0.05) is 42.5 Å². The zero-order chi connectivity index (χ0) is 18.1. The summed E-state index contributed by atoms with van der Waals surface area (Å²) in [5.74, 6) is 0. The molecule has 0 bridgehead atoms. The van der Waals surface area contributed by atoms with Gasteiger partial charge in [-0.1, -0.05) is 42.1 Å². The van der Waals surface area contributed by atoms with Crippen molar-refractivity contribution in [2.24, 2.45) is 0 Å². The van der Waals surface area contributed by atoms with Crippen LogP contribution in [0.4, 0.5) is 0 Å². The van der Waals surface area contributed by atoms with Crippen LogP contribution >= 0.6 is 11.8 Å². The molecule has 0 saturated carbocycles. The van der Waals surface area contributed by atoms with Gasteiger partial charge in [-0.3, -0.25) is 0 Å². The van der Waals surface area contributed by atoms with Gasteiger partial charge < -0.3 is 9.80 Å². The van der Waals surface area contributed by atoms with Crippen molar-refractivity contribution >= 4 is 17.3 Å². The van der Waals surface area contributed by atoms with E-state index in [1.54, 1.807) is 0 Å². The quantitative estimate of drug-likeness (QED) is 0.657. The molecule has 0 atom stereocenters. The zero-order valence-electron chi connectivity index (χ0n) is 16.1. The maximum absolute atomic E-state index is 2.60. The second-order valence-electron chi connectivity index (χ2n) is 7.53. The molecule has 0 unspecified atom stereocenters. The van der Waals surface area contributed by atoms with Gasteiger partial charge in [0.25, 0.3) is 0 Å². The standard InChI is InChI=1S/C23H28N2S/c1-17-10-11-22-23(18(17)2)20(19-7-4-5-9-21(19)26-22)8-6-12-25-15-13-24(3)14-16-25/h4-5,7-11H,6,12-16H2,1-3H3. The molecule has 26 heavy (non-hydrogen) atoms. The Morgan fingerprint density at radius 1 is 0.962 bits per heavy atom. The minimum atomic E-state index is 1.12. The van der Waals surface area contributed by atoms with E-state index >= 15 is 0 Å². The van der Waals surface area contributed by atoms with Crippen molar-refractivity contribution in [3.63, 3.8) is 0 Å². The fraction of sp³-hybridized carbons (Fsp3) is 0.391. The number of hydrogen-bond donors (Lipinski definition) is 0. The minimum absolute atomic E-state index is 1.12. The molecule has 2 nitrogen and oxygen atoms in total. The van der Waals surface area contributed by atoms with Gasteiger partial charge >= 0.3 is 0 Å². The highest BCUT2D eigenvalue weighted by atomic mass is 32.2. The zero-order valence-corrected chi connectivity index (χ0v) is 16.9. The summed E-state index contributed by atoms with van der Waals surface area (Å²) in [6.45, 7) is 10.4. The van der Waals surface area contributed by atoms with Crippen LogP contribution in [0.15, 0.2) is 52.3 Å². The van der Waals surface area contributed by atoms with Crippen molar-refractivity contribution in [2.75, 3.05) is 39.8 Å². The van der Waals surface area contributed by atoms with Crippen molar-refractivity contribution in [1.82, 2.24) is 9.80 Å². The lowest BCUT2D eigenvalue weighted by molar-refractivity contribution is 0.156. The first-order chi connectivity index (χ1) is 12.6. The molecular formula is C23H28N2S. The summed E-state index contributed by atoms with van der Waals surface area (Å²) in [7, 11) is 2.22. The van der Waals surface area contributed by atoms with E-state index in [0.29, 0.717) is 0 Å². The first kappa shape index (κ1) is 17.8. The molecule has 3 heteroatoms. The smallest absolute Gasteiger partial charge is 0.0204 e. The maximum atomic E-state index is 2.60. The maximum Gasteiger partial charge on any atom is 0.0204 e. The SMILES string of the molecule is Cc1ccc2c(c1C)C(=CCCN1CCN(C)CC1)c1ccccc1S2. The van der Waals surface area contributed by atoms with E-state index in [9.17, 15) is 0 Å². The van der Waals surface area contributed by atoms with Gasteiger partial charge in [-0.05, 0) is 67.3 Å². The average molecular weight is 365 g/mol.